The van der Waals surface area contributed by atoms with E-state index in [1.165, 1.54) is 0 Å². The normalized spacial score (nSPS) is 11.9. The van der Waals surface area contributed by atoms with Gasteiger partial charge in [-0.05, 0) is 55.8 Å². The third-order valence-electron chi connectivity index (χ3n) is 5.44. The van der Waals surface area contributed by atoms with Crippen molar-refractivity contribution in [2.45, 2.75) is 39.4 Å². The van der Waals surface area contributed by atoms with Gasteiger partial charge in [0, 0.05) is 35.6 Å². The average molecular weight is 442 g/mol. The molecule has 3 aromatic rings. The molecule has 0 radical (unpaired) electrons. The highest BCUT2D eigenvalue weighted by atomic mass is 35.5. The van der Waals surface area contributed by atoms with Gasteiger partial charge in [0.2, 0.25) is 5.91 Å². The van der Waals surface area contributed by atoms with Gasteiger partial charge in [-0.3, -0.25) is 9.59 Å². The van der Waals surface area contributed by atoms with E-state index in [4.69, 9.17) is 16.0 Å². The Bertz CT molecular complexity index is 1010. The first-order chi connectivity index (χ1) is 14.9. The van der Waals surface area contributed by atoms with Crippen LogP contribution < -0.4 is 0 Å². The lowest BCUT2D eigenvalue weighted by Gasteiger charge is -2.31. The molecule has 2 amide bonds. The number of aromatic nitrogens is 1. The highest BCUT2D eigenvalue weighted by Crippen LogP contribution is 2.17. The number of hydrogen-bond acceptors (Lipinski definition) is 3. The zero-order valence-corrected chi connectivity index (χ0v) is 18.9. The molecule has 7 heteroatoms. The minimum atomic E-state index is -0.206. The first-order valence-corrected chi connectivity index (χ1v) is 10.7. The van der Waals surface area contributed by atoms with E-state index in [2.05, 4.69) is 0 Å². The number of rotatable bonds is 9. The van der Waals surface area contributed by atoms with Crippen LogP contribution in [0.15, 0.2) is 65.4 Å². The molecule has 3 rings (SSSR count). The molecular formula is C24H28ClN3O3. The van der Waals surface area contributed by atoms with Crippen LogP contribution in [-0.4, -0.2) is 38.8 Å². The van der Waals surface area contributed by atoms with Gasteiger partial charge in [-0.1, -0.05) is 24.6 Å². The zero-order valence-electron chi connectivity index (χ0n) is 18.1. The molecule has 0 bridgehead atoms. The summed E-state index contributed by atoms with van der Waals surface area (Å²) in [5.41, 5.74) is 1.47. The molecule has 2 heterocycles. The quantitative estimate of drug-likeness (QED) is 0.481. The second kappa shape index (κ2) is 10.4. The van der Waals surface area contributed by atoms with Gasteiger partial charge in [0.25, 0.3) is 5.91 Å². The molecule has 0 aliphatic carbocycles. The zero-order chi connectivity index (χ0) is 22.4. The number of carbonyl (C=O) groups is 2. The second-order valence-electron chi connectivity index (χ2n) is 7.64. The van der Waals surface area contributed by atoms with Gasteiger partial charge in [-0.15, -0.1) is 0 Å². The van der Waals surface area contributed by atoms with E-state index in [0.29, 0.717) is 29.4 Å². The maximum Gasteiger partial charge on any atom is 0.254 e. The van der Waals surface area contributed by atoms with Crippen molar-refractivity contribution in [1.82, 2.24) is 14.4 Å². The topological polar surface area (TPSA) is 58.7 Å². The maximum absolute atomic E-state index is 13.4. The van der Waals surface area contributed by atoms with E-state index in [1.54, 1.807) is 46.4 Å². The molecule has 0 spiro atoms. The van der Waals surface area contributed by atoms with Gasteiger partial charge < -0.3 is 18.8 Å². The molecule has 2 aromatic heterocycles. The summed E-state index contributed by atoms with van der Waals surface area (Å²) in [7, 11) is 1.94. The largest absolute Gasteiger partial charge is 0.467 e. The van der Waals surface area contributed by atoms with Gasteiger partial charge >= 0.3 is 0 Å². The van der Waals surface area contributed by atoms with Crippen LogP contribution in [0.5, 0.6) is 0 Å². The Morgan fingerprint density at radius 1 is 1.13 bits per heavy atom. The average Bonchev–Trinajstić information content (AvgIpc) is 3.42. The molecule has 6 nitrogen and oxygen atoms in total. The van der Waals surface area contributed by atoms with E-state index < -0.39 is 0 Å². The Hall–Kier alpha value is -2.99. The Labute approximate surface area is 188 Å². The Morgan fingerprint density at radius 2 is 1.94 bits per heavy atom. The predicted octanol–water partition coefficient (Wildman–Crippen LogP) is 4.74. The maximum atomic E-state index is 13.4. The summed E-state index contributed by atoms with van der Waals surface area (Å²) in [6.07, 6.45) is 4.27. The van der Waals surface area contributed by atoms with Gasteiger partial charge in [0.15, 0.2) is 0 Å². The minimum Gasteiger partial charge on any atom is -0.467 e. The van der Waals surface area contributed by atoms with Crippen molar-refractivity contribution < 1.29 is 14.0 Å². The molecule has 1 unspecified atom stereocenters. The van der Waals surface area contributed by atoms with Crippen LogP contribution >= 0.6 is 11.6 Å². The van der Waals surface area contributed by atoms with Crippen molar-refractivity contribution in [3.63, 3.8) is 0 Å². The van der Waals surface area contributed by atoms with Crippen molar-refractivity contribution in [3.8, 4) is 0 Å². The standard InChI is InChI=1S/C24H28ClN3O3/c1-4-18(2)28(24(30)19-8-5-9-20(25)14-19)17-23(29)27(16-22-11-7-13-31-22)15-21-10-6-12-26(21)3/h5-14,18H,4,15-17H2,1-3H3. The molecule has 1 atom stereocenters. The van der Waals surface area contributed by atoms with Crippen LogP contribution in [0.2, 0.25) is 5.02 Å². The summed E-state index contributed by atoms with van der Waals surface area (Å²) in [5, 5.41) is 0.490. The van der Waals surface area contributed by atoms with Crippen molar-refractivity contribution >= 4 is 23.4 Å². The summed E-state index contributed by atoms with van der Waals surface area (Å²) in [4.78, 5) is 29.9. The SMILES string of the molecule is CCC(C)N(CC(=O)N(Cc1ccco1)Cc1cccn1C)C(=O)c1cccc(Cl)c1. The number of aryl methyl sites for hydroxylation is 1. The Balaban J connectivity index is 1.83. The fraction of sp³-hybridized carbons (Fsp3) is 0.333. The lowest BCUT2D eigenvalue weighted by Crippen LogP contribution is -2.46. The smallest absolute Gasteiger partial charge is 0.254 e. The highest BCUT2D eigenvalue weighted by Gasteiger charge is 2.26. The van der Waals surface area contributed by atoms with E-state index in [-0.39, 0.29) is 24.4 Å². The van der Waals surface area contributed by atoms with E-state index in [1.807, 2.05) is 49.9 Å². The molecule has 0 N–H and O–H groups in total. The number of halogens is 1. The fourth-order valence-electron chi connectivity index (χ4n) is 3.36. The highest BCUT2D eigenvalue weighted by molar-refractivity contribution is 6.31. The third-order valence-corrected chi connectivity index (χ3v) is 5.68. The van der Waals surface area contributed by atoms with Crippen molar-refractivity contribution in [2.75, 3.05) is 6.54 Å². The summed E-state index contributed by atoms with van der Waals surface area (Å²) in [5.74, 6) is 0.342. The predicted molar refractivity (Wildman–Crippen MR) is 121 cm³/mol. The van der Waals surface area contributed by atoms with Crippen LogP contribution in [-0.2, 0) is 24.9 Å². The molecule has 0 saturated carbocycles. The molecule has 164 valence electrons. The van der Waals surface area contributed by atoms with Crippen molar-refractivity contribution in [1.29, 1.82) is 0 Å². The molecule has 0 fully saturated rings. The van der Waals surface area contributed by atoms with Crippen molar-refractivity contribution in [3.05, 3.63) is 83.0 Å². The van der Waals surface area contributed by atoms with Crippen molar-refractivity contribution in [2.24, 2.45) is 7.05 Å². The monoisotopic (exact) mass is 441 g/mol. The van der Waals surface area contributed by atoms with Gasteiger partial charge in [0.1, 0.15) is 12.3 Å². The van der Waals surface area contributed by atoms with Crippen LogP contribution in [0.25, 0.3) is 0 Å². The van der Waals surface area contributed by atoms with Gasteiger partial charge in [-0.25, -0.2) is 0 Å². The van der Waals surface area contributed by atoms with Gasteiger partial charge in [-0.2, -0.15) is 0 Å². The summed E-state index contributed by atoms with van der Waals surface area (Å²) >= 11 is 6.08. The number of carbonyl (C=O) groups excluding carboxylic acids is 2. The third kappa shape index (κ3) is 5.79. The first-order valence-electron chi connectivity index (χ1n) is 10.4. The van der Waals surface area contributed by atoms with Crippen LogP contribution in [0, 0.1) is 0 Å². The van der Waals surface area contributed by atoms with Gasteiger partial charge in [0.05, 0.1) is 19.4 Å². The summed E-state index contributed by atoms with van der Waals surface area (Å²) in [6, 6.07) is 14.3. The summed E-state index contributed by atoms with van der Waals surface area (Å²) in [6.45, 7) is 4.67. The van der Waals surface area contributed by atoms with E-state index in [0.717, 1.165) is 12.1 Å². The Morgan fingerprint density at radius 3 is 2.55 bits per heavy atom. The summed E-state index contributed by atoms with van der Waals surface area (Å²) < 4.78 is 7.45. The Kier molecular flexibility index (Phi) is 7.58. The van der Waals surface area contributed by atoms with E-state index >= 15 is 0 Å². The molecule has 0 aliphatic rings. The second-order valence-corrected chi connectivity index (χ2v) is 8.08. The number of amides is 2. The van der Waals surface area contributed by atoms with Crippen LogP contribution in [0.4, 0.5) is 0 Å². The van der Waals surface area contributed by atoms with Crippen LogP contribution in [0.1, 0.15) is 42.1 Å². The number of benzene rings is 1. The molecule has 0 aliphatic heterocycles. The molecular weight excluding hydrogens is 414 g/mol. The molecule has 0 saturated heterocycles. The lowest BCUT2D eigenvalue weighted by atomic mass is 10.1. The number of nitrogens with zero attached hydrogens (tertiary/aromatic N) is 3. The van der Waals surface area contributed by atoms with Crippen LogP contribution in [0.3, 0.4) is 0 Å². The van der Waals surface area contributed by atoms with E-state index in [9.17, 15) is 9.59 Å². The molecule has 1 aromatic carbocycles. The molecule has 31 heavy (non-hydrogen) atoms. The first kappa shape index (κ1) is 22.7. The number of furan rings is 1. The fourth-order valence-corrected chi connectivity index (χ4v) is 3.55. The minimum absolute atomic E-state index is 0.0223. The number of hydrogen-bond donors (Lipinski definition) is 0. The lowest BCUT2D eigenvalue weighted by molar-refractivity contribution is -0.134.